The number of nitrogens with zero attached hydrogens (tertiary/aromatic N) is 2. The second kappa shape index (κ2) is 6.71. The van der Waals surface area contributed by atoms with E-state index in [1.54, 1.807) is 18.3 Å². The van der Waals surface area contributed by atoms with Crippen molar-refractivity contribution >= 4 is 33.5 Å². The summed E-state index contributed by atoms with van der Waals surface area (Å²) < 4.78 is 14.8. The van der Waals surface area contributed by atoms with Crippen LogP contribution in [-0.4, -0.2) is 16.0 Å². The van der Waals surface area contributed by atoms with Crippen molar-refractivity contribution in [2.75, 3.05) is 0 Å². The number of oxime groups is 1. The normalized spacial score (nSPS) is 11.6. The van der Waals surface area contributed by atoms with Gasteiger partial charge in [-0.05, 0) is 39.7 Å². The van der Waals surface area contributed by atoms with Crippen molar-refractivity contribution in [3.05, 3.63) is 57.9 Å². The maximum atomic E-state index is 13.9. The fraction of sp³-hybridized carbons (Fsp3) is 0.0769. The van der Waals surface area contributed by atoms with Gasteiger partial charge < -0.3 is 10.9 Å². The van der Waals surface area contributed by atoms with Gasteiger partial charge in [-0.1, -0.05) is 17.3 Å². The number of hydrogen-bond acceptors (Lipinski definition) is 4. The molecule has 2 rings (SSSR count). The van der Waals surface area contributed by atoms with Gasteiger partial charge in [0.1, 0.15) is 5.82 Å². The molecule has 0 fully saturated rings. The Morgan fingerprint density at radius 1 is 1.40 bits per heavy atom. The minimum absolute atomic E-state index is 0.113. The van der Waals surface area contributed by atoms with E-state index in [-0.39, 0.29) is 5.84 Å². The van der Waals surface area contributed by atoms with Gasteiger partial charge in [0.2, 0.25) is 0 Å². The third-order valence-corrected chi connectivity index (χ3v) is 3.99. The fourth-order valence-corrected chi connectivity index (χ4v) is 2.54. The molecule has 0 aliphatic heterocycles. The Kier molecular flexibility index (Phi) is 4.97. The number of pyridine rings is 1. The van der Waals surface area contributed by atoms with E-state index in [1.165, 1.54) is 17.8 Å². The van der Waals surface area contributed by atoms with Gasteiger partial charge in [-0.15, -0.1) is 11.8 Å². The molecule has 1 aromatic heterocycles. The zero-order chi connectivity index (χ0) is 14.5. The molecular formula is C13H11BrFN3OS. The SMILES string of the molecule is NC(=NO)c1ccc(CSc2ccc(Br)cn2)c(F)c1. The van der Waals surface area contributed by atoms with Crippen LogP contribution in [-0.2, 0) is 5.75 Å². The van der Waals surface area contributed by atoms with Gasteiger partial charge in [0.25, 0.3) is 0 Å². The molecule has 104 valence electrons. The number of rotatable bonds is 4. The van der Waals surface area contributed by atoms with Gasteiger partial charge in [-0.3, -0.25) is 0 Å². The van der Waals surface area contributed by atoms with Crippen LogP contribution in [0.5, 0.6) is 0 Å². The quantitative estimate of drug-likeness (QED) is 0.290. The third-order valence-electron chi connectivity index (χ3n) is 2.53. The van der Waals surface area contributed by atoms with Crippen LogP contribution in [0.15, 0.2) is 51.2 Å². The molecule has 2 aromatic rings. The van der Waals surface area contributed by atoms with E-state index in [0.29, 0.717) is 16.9 Å². The van der Waals surface area contributed by atoms with Crippen LogP contribution in [0.1, 0.15) is 11.1 Å². The van der Waals surface area contributed by atoms with Gasteiger partial charge in [0.15, 0.2) is 5.84 Å². The summed E-state index contributed by atoms with van der Waals surface area (Å²) in [5.74, 6) is -0.0481. The van der Waals surface area contributed by atoms with Crippen molar-refractivity contribution in [3.63, 3.8) is 0 Å². The van der Waals surface area contributed by atoms with Crippen LogP contribution in [0.2, 0.25) is 0 Å². The molecular weight excluding hydrogens is 345 g/mol. The average molecular weight is 356 g/mol. The number of aromatic nitrogens is 1. The monoisotopic (exact) mass is 355 g/mol. The highest BCUT2D eigenvalue weighted by Crippen LogP contribution is 2.23. The van der Waals surface area contributed by atoms with Crippen molar-refractivity contribution in [1.29, 1.82) is 0 Å². The van der Waals surface area contributed by atoms with E-state index in [2.05, 4.69) is 26.1 Å². The molecule has 0 bridgehead atoms. The first-order chi connectivity index (χ1) is 9.60. The number of benzene rings is 1. The van der Waals surface area contributed by atoms with Gasteiger partial charge >= 0.3 is 0 Å². The predicted molar refractivity (Wildman–Crippen MR) is 80.4 cm³/mol. The smallest absolute Gasteiger partial charge is 0.170 e. The summed E-state index contributed by atoms with van der Waals surface area (Å²) in [5, 5.41) is 12.2. The summed E-state index contributed by atoms with van der Waals surface area (Å²) in [5.41, 5.74) is 6.29. The minimum Gasteiger partial charge on any atom is -0.409 e. The molecule has 7 heteroatoms. The first-order valence-corrected chi connectivity index (χ1v) is 7.38. The summed E-state index contributed by atoms with van der Waals surface area (Å²) in [6.45, 7) is 0. The molecule has 0 aliphatic rings. The number of hydrogen-bond donors (Lipinski definition) is 2. The van der Waals surface area contributed by atoms with Gasteiger partial charge in [0, 0.05) is 22.0 Å². The molecule has 0 saturated carbocycles. The van der Waals surface area contributed by atoms with E-state index in [9.17, 15) is 4.39 Å². The molecule has 0 spiro atoms. The molecule has 4 nitrogen and oxygen atoms in total. The minimum atomic E-state index is -0.390. The summed E-state index contributed by atoms with van der Waals surface area (Å²) >= 11 is 4.74. The van der Waals surface area contributed by atoms with Crippen LogP contribution in [0.3, 0.4) is 0 Å². The Labute approximate surface area is 128 Å². The lowest BCUT2D eigenvalue weighted by molar-refractivity contribution is 0.318. The standard InChI is InChI=1S/C13H11BrFN3OS/c14-10-3-4-12(17-6-10)20-7-9-2-1-8(5-11(9)15)13(16)18-19/h1-6,19H,7H2,(H2,16,18). The highest BCUT2D eigenvalue weighted by atomic mass is 79.9. The largest absolute Gasteiger partial charge is 0.409 e. The lowest BCUT2D eigenvalue weighted by Gasteiger charge is -2.05. The Bertz CT molecular complexity index is 634. The van der Waals surface area contributed by atoms with E-state index >= 15 is 0 Å². The number of thioether (sulfide) groups is 1. The van der Waals surface area contributed by atoms with Crippen molar-refractivity contribution in [2.24, 2.45) is 10.9 Å². The second-order valence-electron chi connectivity index (χ2n) is 3.89. The van der Waals surface area contributed by atoms with E-state index in [1.807, 2.05) is 12.1 Å². The number of amidine groups is 1. The van der Waals surface area contributed by atoms with Crippen LogP contribution >= 0.6 is 27.7 Å². The maximum absolute atomic E-state index is 13.9. The van der Waals surface area contributed by atoms with E-state index in [0.717, 1.165) is 9.50 Å². The third kappa shape index (κ3) is 3.71. The maximum Gasteiger partial charge on any atom is 0.170 e. The molecule has 0 saturated heterocycles. The van der Waals surface area contributed by atoms with E-state index in [4.69, 9.17) is 10.9 Å². The first-order valence-electron chi connectivity index (χ1n) is 5.61. The van der Waals surface area contributed by atoms with Crippen LogP contribution in [0.4, 0.5) is 4.39 Å². The molecule has 0 aliphatic carbocycles. The highest BCUT2D eigenvalue weighted by molar-refractivity contribution is 9.10. The van der Waals surface area contributed by atoms with Crippen molar-refractivity contribution < 1.29 is 9.60 Å². The van der Waals surface area contributed by atoms with Crippen molar-refractivity contribution in [3.8, 4) is 0 Å². The molecule has 3 N–H and O–H groups in total. The Morgan fingerprint density at radius 2 is 2.20 bits per heavy atom. The topological polar surface area (TPSA) is 71.5 Å². The fourth-order valence-electron chi connectivity index (χ4n) is 1.48. The van der Waals surface area contributed by atoms with Crippen molar-refractivity contribution in [2.45, 2.75) is 10.8 Å². The average Bonchev–Trinajstić information content (AvgIpc) is 2.46. The molecule has 0 unspecified atom stereocenters. The Balaban J connectivity index is 2.08. The highest BCUT2D eigenvalue weighted by Gasteiger charge is 2.07. The lowest BCUT2D eigenvalue weighted by atomic mass is 10.1. The van der Waals surface area contributed by atoms with Gasteiger partial charge in [-0.2, -0.15) is 0 Å². The van der Waals surface area contributed by atoms with Crippen LogP contribution < -0.4 is 5.73 Å². The molecule has 1 heterocycles. The lowest BCUT2D eigenvalue weighted by Crippen LogP contribution is -2.13. The summed E-state index contributed by atoms with van der Waals surface area (Å²) in [6.07, 6.45) is 1.69. The second-order valence-corrected chi connectivity index (χ2v) is 5.81. The first kappa shape index (κ1) is 14.8. The van der Waals surface area contributed by atoms with Gasteiger partial charge in [-0.25, -0.2) is 9.37 Å². The number of halogens is 2. The van der Waals surface area contributed by atoms with Crippen LogP contribution in [0, 0.1) is 5.82 Å². The molecule has 0 atom stereocenters. The zero-order valence-corrected chi connectivity index (χ0v) is 12.7. The molecule has 1 aromatic carbocycles. The van der Waals surface area contributed by atoms with Gasteiger partial charge in [0.05, 0.1) is 5.03 Å². The Morgan fingerprint density at radius 3 is 2.80 bits per heavy atom. The summed E-state index contributed by atoms with van der Waals surface area (Å²) in [4.78, 5) is 4.20. The zero-order valence-electron chi connectivity index (χ0n) is 10.3. The Hall–Kier alpha value is -1.60. The molecule has 20 heavy (non-hydrogen) atoms. The molecule has 0 amide bonds. The summed E-state index contributed by atoms with van der Waals surface area (Å²) in [6, 6.07) is 8.22. The summed E-state index contributed by atoms with van der Waals surface area (Å²) in [7, 11) is 0. The molecule has 0 radical (unpaired) electrons. The van der Waals surface area contributed by atoms with Crippen molar-refractivity contribution in [1.82, 2.24) is 4.98 Å². The van der Waals surface area contributed by atoms with Crippen LogP contribution in [0.25, 0.3) is 0 Å². The van der Waals surface area contributed by atoms with E-state index < -0.39 is 5.82 Å². The predicted octanol–water partition coefficient (Wildman–Crippen LogP) is 3.37. The number of nitrogens with two attached hydrogens (primary N) is 1.